The molecule has 0 amide bonds. The number of hydrogen-bond donors (Lipinski definition) is 0. The van der Waals surface area contributed by atoms with Crippen molar-refractivity contribution in [2.75, 3.05) is 0 Å². The maximum Gasteiger partial charge on any atom is 0.311 e. The van der Waals surface area contributed by atoms with Crippen LogP contribution in [0.15, 0.2) is 48.5 Å². The third kappa shape index (κ3) is 4.74. The molecule has 2 aromatic carbocycles. The van der Waals surface area contributed by atoms with E-state index in [0.29, 0.717) is 11.5 Å². The Morgan fingerprint density at radius 2 is 1.36 bits per heavy atom. The van der Waals surface area contributed by atoms with E-state index in [9.17, 15) is 9.59 Å². The van der Waals surface area contributed by atoms with Gasteiger partial charge in [0.25, 0.3) is 0 Å². The first-order valence-electron chi connectivity index (χ1n) is 7.08. The lowest BCUT2D eigenvalue weighted by Crippen LogP contribution is -2.14. The lowest BCUT2D eigenvalue weighted by molar-refractivity contribution is -0.140. The van der Waals surface area contributed by atoms with Crippen molar-refractivity contribution in [3.8, 4) is 11.5 Å². The molecular formula is C18H18O4. The van der Waals surface area contributed by atoms with Gasteiger partial charge in [-0.15, -0.1) is 0 Å². The van der Waals surface area contributed by atoms with Crippen LogP contribution < -0.4 is 9.47 Å². The third-order valence-corrected chi connectivity index (χ3v) is 3.22. The number of carbonyl (C=O) groups excluding carboxylic acids is 2. The van der Waals surface area contributed by atoms with E-state index in [1.165, 1.54) is 0 Å². The van der Waals surface area contributed by atoms with Gasteiger partial charge in [-0.3, -0.25) is 9.59 Å². The summed E-state index contributed by atoms with van der Waals surface area (Å²) in [6, 6.07) is 14.2. The van der Waals surface area contributed by atoms with Crippen LogP contribution in [-0.2, 0) is 9.59 Å². The molecular weight excluding hydrogens is 280 g/mol. The van der Waals surface area contributed by atoms with Crippen LogP contribution in [-0.4, -0.2) is 11.9 Å². The van der Waals surface area contributed by atoms with Crippen LogP contribution >= 0.6 is 0 Å². The molecule has 4 nitrogen and oxygen atoms in total. The molecule has 0 aromatic heterocycles. The molecule has 2 aromatic rings. The number of rotatable bonds is 5. The molecule has 0 fully saturated rings. The van der Waals surface area contributed by atoms with Gasteiger partial charge in [-0.2, -0.15) is 0 Å². The van der Waals surface area contributed by atoms with Crippen molar-refractivity contribution in [2.45, 2.75) is 26.7 Å². The number of esters is 2. The van der Waals surface area contributed by atoms with Gasteiger partial charge in [-0.05, 0) is 49.2 Å². The molecule has 0 spiro atoms. The third-order valence-electron chi connectivity index (χ3n) is 3.22. The summed E-state index contributed by atoms with van der Waals surface area (Å²) in [5.74, 6) is 0.0519. The molecule has 0 heterocycles. The van der Waals surface area contributed by atoms with Crippen molar-refractivity contribution in [3.63, 3.8) is 0 Å². The molecule has 0 bridgehead atoms. The van der Waals surface area contributed by atoms with Crippen molar-refractivity contribution >= 4 is 11.9 Å². The van der Waals surface area contributed by atoms with Gasteiger partial charge in [0.15, 0.2) is 0 Å². The van der Waals surface area contributed by atoms with E-state index >= 15 is 0 Å². The van der Waals surface area contributed by atoms with Crippen molar-refractivity contribution in [1.29, 1.82) is 0 Å². The Labute approximate surface area is 129 Å². The Bertz CT molecular complexity index is 662. The molecule has 0 radical (unpaired) electrons. The summed E-state index contributed by atoms with van der Waals surface area (Å²) in [5, 5.41) is 0. The largest absolute Gasteiger partial charge is 0.427 e. The highest BCUT2D eigenvalue weighted by molar-refractivity contribution is 5.80. The lowest BCUT2D eigenvalue weighted by Gasteiger charge is -2.07. The smallest absolute Gasteiger partial charge is 0.311 e. The Kier molecular flexibility index (Phi) is 5.31. The maximum absolute atomic E-state index is 11.7. The Morgan fingerprint density at radius 3 is 1.95 bits per heavy atom. The molecule has 0 N–H and O–H groups in total. The van der Waals surface area contributed by atoms with E-state index in [-0.39, 0.29) is 12.8 Å². The second-order valence-electron chi connectivity index (χ2n) is 5.01. The van der Waals surface area contributed by atoms with Crippen LogP contribution in [0.1, 0.15) is 24.0 Å². The predicted octanol–water partition coefficient (Wildman–Crippen LogP) is 3.59. The summed E-state index contributed by atoms with van der Waals surface area (Å²) in [6.07, 6.45) is -0.0306. The van der Waals surface area contributed by atoms with Crippen molar-refractivity contribution < 1.29 is 19.1 Å². The van der Waals surface area contributed by atoms with Crippen molar-refractivity contribution in [2.24, 2.45) is 0 Å². The summed E-state index contributed by atoms with van der Waals surface area (Å²) in [7, 11) is 0. The standard InChI is InChI=1S/C18H18O4/c1-13-8-9-16(12-14(13)2)22-18(20)11-10-17(19)21-15-6-4-3-5-7-15/h3-9,12H,10-11H2,1-2H3. The first-order chi connectivity index (χ1) is 10.5. The fourth-order valence-electron chi connectivity index (χ4n) is 1.84. The number of para-hydroxylation sites is 1. The molecule has 2 rings (SSSR count). The van der Waals surface area contributed by atoms with Crippen LogP contribution in [0.2, 0.25) is 0 Å². The van der Waals surface area contributed by atoms with Gasteiger partial charge in [0.05, 0.1) is 12.8 Å². The van der Waals surface area contributed by atoms with E-state index in [4.69, 9.17) is 9.47 Å². The van der Waals surface area contributed by atoms with E-state index in [1.54, 1.807) is 36.4 Å². The fraction of sp³-hybridized carbons (Fsp3) is 0.222. The van der Waals surface area contributed by atoms with Gasteiger partial charge in [-0.1, -0.05) is 24.3 Å². The van der Waals surface area contributed by atoms with Crippen LogP contribution in [0.5, 0.6) is 11.5 Å². The molecule has 0 unspecified atom stereocenters. The Hall–Kier alpha value is -2.62. The lowest BCUT2D eigenvalue weighted by atomic mass is 10.1. The van der Waals surface area contributed by atoms with E-state index < -0.39 is 11.9 Å². The van der Waals surface area contributed by atoms with Gasteiger partial charge in [0.1, 0.15) is 11.5 Å². The second-order valence-corrected chi connectivity index (χ2v) is 5.01. The minimum Gasteiger partial charge on any atom is -0.427 e. The maximum atomic E-state index is 11.7. The number of hydrogen-bond acceptors (Lipinski definition) is 4. The van der Waals surface area contributed by atoms with Gasteiger partial charge in [0, 0.05) is 0 Å². The van der Waals surface area contributed by atoms with Crippen LogP contribution in [0.3, 0.4) is 0 Å². The number of carbonyl (C=O) groups is 2. The highest BCUT2D eigenvalue weighted by atomic mass is 16.5. The summed E-state index contributed by atoms with van der Waals surface area (Å²) >= 11 is 0. The molecule has 114 valence electrons. The fourth-order valence-corrected chi connectivity index (χ4v) is 1.84. The van der Waals surface area contributed by atoms with Crippen molar-refractivity contribution in [1.82, 2.24) is 0 Å². The van der Waals surface area contributed by atoms with Crippen molar-refractivity contribution in [3.05, 3.63) is 59.7 Å². The van der Waals surface area contributed by atoms with Gasteiger partial charge >= 0.3 is 11.9 Å². The second kappa shape index (κ2) is 7.41. The zero-order valence-electron chi connectivity index (χ0n) is 12.7. The normalized spacial score (nSPS) is 10.1. The zero-order valence-corrected chi connectivity index (χ0v) is 12.7. The predicted molar refractivity (Wildman–Crippen MR) is 82.9 cm³/mol. The molecule has 0 saturated carbocycles. The number of benzene rings is 2. The minimum atomic E-state index is -0.455. The molecule has 0 aliphatic carbocycles. The monoisotopic (exact) mass is 298 g/mol. The first kappa shape index (κ1) is 15.8. The topological polar surface area (TPSA) is 52.6 Å². The highest BCUT2D eigenvalue weighted by Crippen LogP contribution is 2.17. The van der Waals surface area contributed by atoms with Gasteiger partial charge in [-0.25, -0.2) is 0 Å². The quantitative estimate of drug-likeness (QED) is 0.625. The van der Waals surface area contributed by atoms with E-state index in [2.05, 4.69) is 0 Å². The molecule has 0 aliphatic heterocycles. The molecule has 22 heavy (non-hydrogen) atoms. The summed E-state index contributed by atoms with van der Waals surface area (Å²) in [5.41, 5.74) is 2.18. The van der Waals surface area contributed by atoms with E-state index in [1.807, 2.05) is 26.0 Å². The van der Waals surface area contributed by atoms with E-state index in [0.717, 1.165) is 11.1 Å². The zero-order chi connectivity index (χ0) is 15.9. The molecule has 0 aliphatic rings. The Balaban J connectivity index is 1.80. The summed E-state index contributed by atoms with van der Waals surface area (Å²) < 4.78 is 10.3. The SMILES string of the molecule is Cc1ccc(OC(=O)CCC(=O)Oc2ccccc2)cc1C. The van der Waals surface area contributed by atoms with Gasteiger partial charge < -0.3 is 9.47 Å². The highest BCUT2D eigenvalue weighted by Gasteiger charge is 2.11. The number of ether oxygens (including phenoxy) is 2. The summed E-state index contributed by atoms with van der Waals surface area (Å²) in [6.45, 7) is 3.93. The minimum absolute atomic E-state index is 0.0153. The van der Waals surface area contributed by atoms with Crippen LogP contribution in [0.4, 0.5) is 0 Å². The average Bonchev–Trinajstić information content (AvgIpc) is 2.50. The van der Waals surface area contributed by atoms with Crippen LogP contribution in [0.25, 0.3) is 0 Å². The summed E-state index contributed by atoms with van der Waals surface area (Å²) in [4.78, 5) is 23.4. The molecule has 0 saturated heterocycles. The van der Waals surface area contributed by atoms with Crippen LogP contribution in [0, 0.1) is 13.8 Å². The molecule has 4 heteroatoms. The van der Waals surface area contributed by atoms with Gasteiger partial charge in [0.2, 0.25) is 0 Å². The molecule has 0 atom stereocenters. The average molecular weight is 298 g/mol. The number of aryl methyl sites for hydroxylation is 2. The first-order valence-corrected chi connectivity index (χ1v) is 7.08. The Morgan fingerprint density at radius 1 is 0.773 bits per heavy atom.